The molecule has 1 aromatic carbocycles. The van der Waals surface area contributed by atoms with Crippen molar-refractivity contribution < 1.29 is 14.3 Å². The van der Waals surface area contributed by atoms with E-state index >= 15 is 0 Å². The second kappa shape index (κ2) is 3.98. The number of fused-ring (bicyclic) bond motifs is 1. The van der Waals surface area contributed by atoms with Crippen LogP contribution < -0.4 is 0 Å². The number of benzene rings is 1. The molecule has 0 saturated heterocycles. The molecule has 0 unspecified atom stereocenters. The van der Waals surface area contributed by atoms with Gasteiger partial charge in [0.25, 0.3) is 0 Å². The average molecular weight is 243 g/mol. The molecule has 0 spiro atoms. The van der Waals surface area contributed by atoms with Crippen molar-refractivity contribution in [2.45, 2.75) is 12.8 Å². The van der Waals surface area contributed by atoms with Gasteiger partial charge in [-0.15, -0.1) is 0 Å². The standard InChI is InChI=1S/C14H13NO3/c1-18-14(17)11-8-15(13(16)9-6-7-9)12-5-3-2-4-10(11)12/h2-5,8-9H,6-7H2,1H3. The number of hydrogen-bond donors (Lipinski definition) is 0. The van der Waals surface area contributed by atoms with Gasteiger partial charge >= 0.3 is 5.97 Å². The van der Waals surface area contributed by atoms with Crippen molar-refractivity contribution >= 4 is 22.8 Å². The van der Waals surface area contributed by atoms with Crippen LogP contribution in [0.1, 0.15) is 28.0 Å². The van der Waals surface area contributed by atoms with Crippen LogP contribution in [0, 0.1) is 5.92 Å². The van der Waals surface area contributed by atoms with E-state index in [-0.39, 0.29) is 11.8 Å². The third-order valence-corrected chi connectivity index (χ3v) is 3.28. The quantitative estimate of drug-likeness (QED) is 0.761. The molecule has 0 amide bonds. The van der Waals surface area contributed by atoms with Crippen molar-refractivity contribution in [2.24, 2.45) is 5.92 Å². The van der Waals surface area contributed by atoms with E-state index in [1.165, 1.54) is 7.11 Å². The second-order valence-electron chi connectivity index (χ2n) is 4.53. The van der Waals surface area contributed by atoms with Crippen LogP contribution in [0.3, 0.4) is 0 Å². The molecule has 1 aromatic heterocycles. The molecular weight excluding hydrogens is 230 g/mol. The molecule has 3 rings (SSSR count). The third-order valence-electron chi connectivity index (χ3n) is 3.28. The lowest BCUT2D eigenvalue weighted by Gasteiger charge is -2.01. The normalized spacial score (nSPS) is 14.7. The monoisotopic (exact) mass is 243 g/mol. The summed E-state index contributed by atoms with van der Waals surface area (Å²) >= 11 is 0. The van der Waals surface area contributed by atoms with E-state index in [0.717, 1.165) is 23.7 Å². The minimum atomic E-state index is -0.409. The zero-order valence-corrected chi connectivity index (χ0v) is 10.1. The molecule has 0 radical (unpaired) electrons. The highest BCUT2D eigenvalue weighted by Crippen LogP contribution is 2.33. The Morgan fingerprint density at radius 3 is 2.67 bits per heavy atom. The van der Waals surface area contributed by atoms with Gasteiger partial charge in [-0.2, -0.15) is 0 Å². The highest BCUT2D eigenvalue weighted by atomic mass is 16.5. The first-order chi connectivity index (χ1) is 8.72. The van der Waals surface area contributed by atoms with Gasteiger partial charge in [-0.1, -0.05) is 18.2 Å². The maximum atomic E-state index is 12.2. The van der Waals surface area contributed by atoms with Crippen LogP contribution in [0.15, 0.2) is 30.5 Å². The van der Waals surface area contributed by atoms with Crippen molar-refractivity contribution in [3.8, 4) is 0 Å². The first-order valence-electron chi connectivity index (χ1n) is 5.95. The van der Waals surface area contributed by atoms with E-state index in [4.69, 9.17) is 4.74 Å². The molecule has 1 fully saturated rings. The molecule has 0 N–H and O–H groups in total. The average Bonchev–Trinajstić information content (AvgIpc) is 3.18. The van der Waals surface area contributed by atoms with Gasteiger partial charge in [-0.05, 0) is 18.9 Å². The number of carbonyl (C=O) groups is 2. The van der Waals surface area contributed by atoms with Gasteiger partial charge in [0.2, 0.25) is 5.91 Å². The molecule has 92 valence electrons. The van der Waals surface area contributed by atoms with Crippen molar-refractivity contribution in [1.29, 1.82) is 0 Å². The number of aromatic nitrogens is 1. The number of para-hydroxylation sites is 1. The van der Waals surface area contributed by atoms with Gasteiger partial charge in [0.1, 0.15) is 0 Å². The van der Waals surface area contributed by atoms with Crippen LogP contribution in [0.2, 0.25) is 0 Å². The number of methoxy groups -OCH3 is 1. The largest absolute Gasteiger partial charge is 0.465 e. The van der Waals surface area contributed by atoms with Crippen molar-refractivity contribution in [3.63, 3.8) is 0 Å². The van der Waals surface area contributed by atoms with Crippen LogP contribution >= 0.6 is 0 Å². The summed E-state index contributed by atoms with van der Waals surface area (Å²) in [5, 5.41) is 0.762. The van der Waals surface area contributed by atoms with Crippen LogP contribution in [-0.4, -0.2) is 23.6 Å². The summed E-state index contributed by atoms with van der Waals surface area (Å²) in [5.41, 5.74) is 1.22. The lowest BCUT2D eigenvalue weighted by atomic mass is 10.2. The smallest absolute Gasteiger partial charge is 0.340 e. The number of nitrogens with zero attached hydrogens (tertiary/aromatic N) is 1. The van der Waals surface area contributed by atoms with Gasteiger partial charge in [0, 0.05) is 17.5 Å². The van der Waals surface area contributed by atoms with E-state index < -0.39 is 5.97 Å². The second-order valence-corrected chi connectivity index (χ2v) is 4.53. The number of hydrogen-bond acceptors (Lipinski definition) is 3. The van der Waals surface area contributed by atoms with Crippen molar-refractivity contribution in [3.05, 3.63) is 36.0 Å². The Labute approximate surface area is 104 Å². The van der Waals surface area contributed by atoms with Gasteiger partial charge in [0.15, 0.2) is 0 Å². The predicted octanol–water partition coefficient (Wildman–Crippen LogP) is 2.48. The molecule has 1 saturated carbocycles. The lowest BCUT2D eigenvalue weighted by Crippen LogP contribution is -2.11. The highest BCUT2D eigenvalue weighted by Gasteiger charge is 2.32. The van der Waals surface area contributed by atoms with Crippen molar-refractivity contribution in [2.75, 3.05) is 7.11 Å². The molecule has 1 heterocycles. The highest BCUT2D eigenvalue weighted by molar-refractivity contribution is 6.07. The van der Waals surface area contributed by atoms with E-state index in [1.807, 2.05) is 24.3 Å². The maximum Gasteiger partial charge on any atom is 0.340 e. The number of rotatable bonds is 2. The Kier molecular flexibility index (Phi) is 2.44. The predicted molar refractivity (Wildman–Crippen MR) is 66.6 cm³/mol. The minimum Gasteiger partial charge on any atom is -0.465 e. The van der Waals surface area contributed by atoms with Gasteiger partial charge in [0.05, 0.1) is 18.2 Å². The molecule has 2 aromatic rings. The lowest BCUT2D eigenvalue weighted by molar-refractivity contribution is 0.0603. The Bertz CT molecular complexity index is 638. The molecule has 4 nitrogen and oxygen atoms in total. The maximum absolute atomic E-state index is 12.2. The molecule has 1 aliphatic carbocycles. The first-order valence-corrected chi connectivity index (χ1v) is 5.95. The summed E-state index contributed by atoms with van der Waals surface area (Å²) in [6, 6.07) is 7.39. The summed E-state index contributed by atoms with van der Waals surface area (Å²) in [5.74, 6) is -0.221. The molecule has 0 bridgehead atoms. The Morgan fingerprint density at radius 2 is 2.00 bits per heavy atom. The van der Waals surface area contributed by atoms with E-state index in [9.17, 15) is 9.59 Å². The number of carbonyl (C=O) groups excluding carboxylic acids is 2. The summed E-state index contributed by atoms with van der Waals surface area (Å²) in [6.07, 6.45) is 3.48. The molecule has 1 aliphatic rings. The van der Waals surface area contributed by atoms with Gasteiger partial charge in [-0.3, -0.25) is 9.36 Å². The molecule has 0 aliphatic heterocycles. The molecular formula is C14H13NO3. The molecule has 4 heteroatoms. The van der Waals surface area contributed by atoms with Gasteiger partial charge < -0.3 is 4.74 Å². The van der Waals surface area contributed by atoms with Gasteiger partial charge in [-0.25, -0.2) is 4.79 Å². The van der Waals surface area contributed by atoms with Crippen LogP contribution in [0.25, 0.3) is 10.9 Å². The summed E-state index contributed by atoms with van der Waals surface area (Å²) in [6.45, 7) is 0. The summed E-state index contributed by atoms with van der Waals surface area (Å²) < 4.78 is 6.33. The fourth-order valence-electron chi connectivity index (χ4n) is 2.16. The van der Waals surface area contributed by atoms with E-state index in [0.29, 0.717) is 5.56 Å². The fraction of sp³-hybridized carbons (Fsp3) is 0.286. The Morgan fingerprint density at radius 1 is 1.28 bits per heavy atom. The first kappa shape index (κ1) is 11.0. The number of ether oxygens (including phenoxy) is 1. The van der Waals surface area contributed by atoms with E-state index in [2.05, 4.69) is 0 Å². The number of esters is 1. The third kappa shape index (κ3) is 1.61. The SMILES string of the molecule is COC(=O)c1cn(C(=O)C2CC2)c2ccccc12. The summed E-state index contributed by atoms with van der Waals surface area (Å²) in [7, 11) is 1.34. The minimum absolute atomic E-state index is 0.0707. The Balaban J connectivity index is 2.19. The zero-order chi connectivity index (χ0) is 12.7. The van der Waals surface area contributed by atoms with Crippen LogP contribution in [0.5, 0.6) is 0 Å². The van der Waals surface area contributed by atoms with E-state index in [1.54, 1.807) is 10.8 Å². The fourth-order valence-corrected chi connectivity index (χ4v) is 2.16. The van der Waals surface area contributed by atoms with Crippen LogP contribution in [0.4, 0.5) is 0 Å². The van der Waals surface area contributed by atoms with Crippen molar-refractivity contribution in [1.82, 2.24) is 4.57 Å². The Hall–Kier alpha value is -2.10. The van der Waals surface area contributed by atoms with Crippen LogP contribution in [-0.2, 0) is 4.74 Å². The molecule has 18 heavy (non-hydrogen) atoms. The zero-order valence-electron chi connectivity index (χ0n) is 10.1. The topological polar surface area (TPSA) is 48.3 Å². The summed E-state index contributed by atoms with van der Waals surface area (Å²) in [4.78, 5) is 23.9. The molecule has 0 atom stereocenters.